The fourth-order valence-electron chi connectivity index (χ4n) is 4.29. The van der Waals surface area contributed by atoms with Crippen LogP contribution < -0.4 is 0 Å². The summed E-state index contributed by atoms with van der Waals surface area (Å²) < 4.78 is 2.12. The Bertz CT molecular complexity index is 1280. The number of nitrogens with zero attached hydrogens (tertiary/aromatic N) is 3. The van der Waals surface area contributed by atoms with E-state index >= 15 is 0 Å². The van der Waals surface area contributed by atoms with Crippen molar-refractivity contribution in [2.24, 2.45) is 0 Å². The molecule has 0 spiro atoms. The topological polar surface area (TPSA) is 62.6 Å². The first-order chi connectivity index (χ1) is 16.0. The van der Waals surface area contributed by atoms with E-state index in [2.05, 4.69) is 4.57 Å². The van der Waals surface area contributed by atoms with Gasteiger partial charge in [0.05, 0.1) is 4.91 Å². The number of imide groups is 1. The van der Waals surface area contributed by atoms with Crippen LogP contribution in [0.5, 0.6) is 0 Å². The molecule has 0 aliphatic carbocycles. The molecule has 8 heteroatoms. The zero-order valence-electron chi connectivity index (χ0n) is 17.9. The Morgan fingerprint density at radius 1 is 1.03 bits per heavy atom. The van der Waals surface area contributed by atoms with Crippen LogP contribution in [0, 0.1) is 0 Å². The lowest BCUT2D eigenvalue weighted by molar-refractivity contribution is -0.135. The van der Waals surface area contributed by atoms with Crippen LogP contribution in [-0.4, -0.2) is 51.1 Å². The highest BCUT2D eigenvalue weighted by molar-refractivity contribution is 8.18. The number of benzene rings is 2. The number of carbonyl (C=O) groups is 3. The smallest absolute Gasteiger partial charge is 0.294 e. The lowest BCUT2D eigenvalue weighted by Gasteiger charge is -2.18. The van der Waals surface area contributed by atoms with E-state index in [1.54, 1.807) is 11.0 Å². The van der Waals surface area contributed by atoms with Gasteiger partial charge < -0.3 is 9.47 Å². The summed E-state index contributed by atoms with van der Waals surface area (Å²) in [4.78, 5) is 41.1. The largest absolute Gasteiger partial charge is 0.342 e. The van der Waals surface area contributed by atoms with Crippen molar-refractivity contribution in [2.45, 2.75) is 19.4 Å². The third-order valence-electron chi connectivity index (χ3n) is 6.00. The number of fused-ring (bicyclic) bond motifs is 1. The number of rotatable bonds is 5. The summed E-state index contributed by atoms with van der Waals surface area (Å²) in [5.74, 6) is -0.581. The minimum atomic E-state index is -0.410. The lowest BCUT2D eigenvalue weighted by Crippen LogP contribution is -2.40. The number of carbonyl (C=O) groups excluding carboxylic acids is 3. The maximum Gasteiger partial charge on any atom is 0.294 e. The molecule has 2 fully saturated rings. The number of halogens is 1. The highest BCUT2D eigenvalue weighted by atomic mass is 35.5. The zero-order valence-corrected chi connectivity index (χ0v) is 19.4. The van der Waals surface area contributed by atoms with Crippen LogP contribution in [0.4, 0.5) is 4.79 Å². The summed E-state index contributed by atoms with van der Waals surface area (Å²) in [6.45, 7) is 1.84. The van der Waals surface area contributed by atoms with Gasteiger partial charge in [0.1, 0.15) is 6.54 Å². The molecule has 6 nitrogen and oxygen atoms in total. The third kappa shape index (κ3) is 4.43. The summed E-state index contributed by atoms with van der Waals surface area (Å²) >= 11 is 6.90. The first-order valence-electron chi connectivity index (χ1n) is 10.8. The number of likely N-dealkylation sites (tertiary alicyclic amines) is 1. The maximum absolute atomic E-state index is 13.0. The number of hydrogen-bond donors (Lipinski definition) is 0. The molecule has 168 valence electrons. The van der Waals surface area contributed by atoms with E-state index in [9.17, 15) is 14.4 Å². The molecule has 3 heterocycles. The van der Waals surface area contributed by atoms with E-state index < -0.39 is 11.1 Å². The molecule has 5 rings (SSSR count). The molecule has 0 unspecified atom stereocenters. The molecule has 0 N–H and O–H groups in total. The normalized spacial score (nSPS) is 17.7. The Balaban J connectivity index is 1.41. The van der Waals surface area contributed by atoms with Crippen LogP contribution in [0.25, 0.3) is 17.0 Å². The Morgan fingerprint density at radius 2 is 1.76 bits per heavy atom. The minimum Gasteiger partial charge on any atom is -0.342 e. The second-order valence-electron chi connectivity index (χ2n) is 8.21. The van der Waals surface area contributed by atoms with Crippen molar-refractivity contribution >= 4 is 57.4 Å². The van der Waals surface area contributed by atoms with Crippen molar-refractivity contribution < 1.29 is 14.4 Å². The molecule has 0 saturated carbocycles. The molecule has 3 amide bonds. The quantitative estimate of drug-likeness (QED) is 0.483. The molecule has 0 bridgehead atoms. The van der Waals surface area contributed by atoms with Gasteiger partial charge in [-0.25, -0.2) is 0 Å². The summed E-state index contributed by atoms with van der Waals surface area (Å²) in [6, 6.07) is 15.7. The zero-order chi connectivity index (χ0) is 22.9. The van der Waals surface area contributed by atoms with Gasteiger partial charge in [-0.1, -0.05) is 41.9 Å². The Labute approximate surface area is 200 Å². The van der Waals surface area contributed by atoms with Crippen LogP contribution in [0.1, 0.15) is 24.0 Å². The van der Waals surface area contributed by atoms with Gasteiger partial charge in [0.25, 0.3) is 11.1 Å². The van der Waals surface area contributed by atoms with Crippen LogP contribution in [0.3, 0.4) is 0 Å². The predicted molar refractivity (Wildman–Crippen MR) is 131 cm³/mol. The predicted octanol–water partition coefficient (Wildman–Crippen LogP) is 5.00. The molecular weight excluding hydrogens is 458 g/mol. The molecule has 3 aromatic rings. The van der Waals surface area contributed by atoms with Gasteiger partial charge in [-0.15, -0.1) is 0 Å². The van der Waals surface area contributed by atoms with E-state index in [1.165, 1.54) is 0 Å². The van der Waals surface area contributed by atoms with Crippen LogP contribution in [-0.2, 0) is 16.1 Å². The Morgan fingerprint density at radius 3 is 2.52 bits per heavy atom. The van der Waals surface area contributed by atoms with E-state index in [4.69, 9.17) is 11.6 Å². The monoisotopic (exact) mass is 479 g/mol. The molecule has 1 aromatic heterocycles. The molecule has 0 atom stereocenters. The number of aromatic nitrogens is 1. The maximum atomic E-state index is 13.0. The molecule has 0 radical (unpaired) electrons. The van der Waals surface area contributed by atoms with Crippen molar-refractivity contribution in [1.82, 2.24) is 14.4 Å². The van der Waals surface area contributed by atoms with Crippen molar-refractivity contribution in [3.63, 3.8) is 0 Å². The molecule has 33 heavy (non-hydrogen) atoms. The average Bonchev–Trinajstić information content (AvgIpc) is 3.52. The van der Waals surface area contributed by atoms with Crippen molar-refractivity contribution in [3.8, 4) is 0 Å². The van der Waals surface area contributed by atoms with E-state index in [0.717, 1.165) is 51.5 Å². The fraction of sp³-hybridized carbons (Fsp3) is 0.240. The van der Waals surface area contributed by atoms with Gasteiger partial charge in [-0.3, -0.25) is 19.3 Å². The summed E-state index contributed by atoms with van der Waals surface area (Å²) in [7, 11) is 0. The Kier molecular flexibility index (Phi) is 6.00. The van der Waals surface area contributed by atoms with Gasteiger partial charge in [0.15, 0.2) is 0 Å². The summed E-state index contributed by atoms with van der Waals surface area (Å²) in [5.41, 5.74) is 2.99. The Hall–Kier alpha value is -3.03. The highest BCUT2D eigenvalue weighted by Gasteiger charge is 2.37. The number of amides is 3. The first-order valence-corrected chi connectivity index (χ1v) is 12.0. The van der Waals surface area contributed by atoms with Crippen LogP contribution >= 0.6 is 23.4 Å². The highest BCUT2D eigenvalue weighted by Crippen LogP contribution is 2.34. The number of para-hydroxylation sites is 1. The van der Waals surface area contributed by atoms with E-state index in [-0.39, 0.29) is 12.5 Å². The van der Waals surface area contributed by atoms with Gasteiger partial charge in [-0.2, -0.15) is 0 Å². The standard InChI is InChI=1S/C25H22ClN3O3S/c26-19-9-7-17(8-10-19)14-28-15-18(20-5-1-2-6-21(20)28)13-22-24(31)29(25(32)33-22)16-23(30)27-11-3-4-12-27/h1-2,5-10,13,15H,3-4,11-12,14,16H2/b22-13-. The summed E-state index contributed by atoms with van der Waals surface area (Å²) in [5, 5.41) is 1.28. The van der Waals surface area contributed by atoms with Crippen LogP contribution in [0.15, 0.2) is 59.6 Å². The number of hydrogen-bond acceptors (Lipinski definition) is 4. The van der Waals surface area contributed by atoms with E-state index in [1.807, 2.05) is 54.7 Å². The van der Waals surface area contributed by atoms with Crippen molar-refractivity contribution in [1.29, 1.82) is 0 Å². The van der Waals surface area contributed by atoms with Gasteiger partial charge in [0.2, 0.25) is 5.91 Å². The minimum absolute atomic E-state index is 0.171. The third-order valence-corrected chi connectivity index (χ3v) is 7.16. The van der Waals surface area contributed by atoms with Crippen molar-refractivity contribution in [2.75, 3.05) is 19.6 Å². The second-order valence-corrected chi connectivity index (χ2v) is 9.64. The van der Waals surface area contributed by atoms with Gasteiger partial charge in [-0.05, 0) is 54.4 Å². The molecule has 2 saturated heterocycles. The van der Waals surface area contributed by atoms with Crippen molar-refractivity contribution in [3.05, 3.63) is 75.8 Å². The second kappa shape index (κ2) is 9.08. The fourth-order valence-corrected chi connectivity index (χ4v) is 5.24. The summed E-state index contributed by atoms with van der Waals surface area (Å²) in [6.07, 6.45) is 5.68. The van der Waals surface area contributed by atoms with E-state index in [0.29, 0.717) is 29.6 Å². The average molecular weight is 480 g/mol. The van der Waals surface area contributed by atoms with Gasteiger partial charge >= 0.3 is 0 Å². The molecule has 2 aromatic carbocycles. The molecular formula is C25H22ClN3O3S. The first kappa shape index (κ1) is 21.8. The molecule has 2 aliphatic rings. The lowest BCUT2D eigenvalue weighted by atomic mass is 10.1. The van der Waals surface area contributed by atoms with Gasteiger partial charge in [0, 0.05) is 47.3 Å². The molecule has 2 aliphatic heterocycles. The number of thioether (sulfide) groups is 1. The SMILES string of the molecule is O=C(CN1C(=O)S/C(=C\c2cn(Cc3ccc(Cl)cc3)c3ccccc23)C1=O)N1CCCC1. The van der Waals surface area contributed by atoms with Crippen LogP contribution in [0.2, 0.25) is 5.02 Å².